The summed E-state index contributed by atoms with van der Waals surface area (Å²) in [4.78, 5) is 18.6. The maximum absolute atomic E-state index is 11.1. The number of nitrogens with zero attached hydrogens (tertiary/aromatic N) is 2. The lowest BCUT2D eigenvalue weighted by Gasteiger charge is -2.32. The third-order valence-corrected chi connectivity index (χ3v) is 5.35. The molecule has 0 radical (unpaired) electrons. The fraction of sp³-hybridized carbons (Fsp3) is 0.200. The molecular formula is C20H19BrN2O3S. The zero-order valence-electron chi connectivity index (χ0n) is 14.7. The Bertz CT molecular complexity index is 885. The van der Waals surface area contributed by atoms with Crippen molar-refractivity contribution in [3.8, 4) is 0 Å². The number of carbonyl (C=O) groups is 1. The highest BCUT2D eigenvalue weighted by Gasteiger charge is 2.22. The minimum Gasteiger partial charge on any atom is -0.478 e. The van der Waals surface area contributed by atoms with Crippen molar-refractivity contribution in [2.75, 3.05) is 11.4 Å². The largest absolute Gasteiger partial charge is 0.478 e. The van der Waals surface area contributed by atoms with Gasteiger partial charge in [0.15, 0.2) is 6.23 Å². The molecule has 0 aliphatic heterocycles. The predicted octanol–water partition coefficient (Wildman–Crippen LogP) is 5.35. The lowest BCUT2D eigenvalue weighted by Crippen LogP contribution is -2.31. The van der Waals surface area contributed by atoms with E-state index < -0.39 is 5.97 Å². The number of hydrogen-bond donors (Lipinski definition) is 1. The predicted molar refractivity (Wildman–Crippen MR) is 110 cm³/mol. The van der Waals surface area contributed by atoms with Gasteiger partial charge in [-0.25, -0.2) is 9.78 Å². The highest BCUT2D eigenvalue weighted by molar-refractivity contribution is 9.10. The molecule has 3 aromatic rings. The van der Waals surface area contributed by atoms with Crippen LogP contribution in [-0.2, 0) is 11.3 Å². The molecule has 0 aliphatic rings. The number of aromatic nitrogens is 1. The van der Waals surface area contributed by atoms with Gasteiger partial charge in [-0.15, -0.1) is 11.3 Å². The number of halogens is 1. The van der Waals surface area contributed by atoms with Gasteiger partial charge in [-0.3, -0.25) is 0 Å². The van der Waals surface area contributed by atoms with E-state index in [2.05, 4.69) is 20.9 Å². The third-order valence-electron chi connectivity index (χ3n) is 4.01. The Labute approximate surface area is 170 Å². The van der Waals surface area contributed by atoms with Gasteiger partial charge in [0.05, 0.1) is 12.2 Å². The molecule has 2 heterocycles. The fourth-order valence-electron chi connectivity index (χ4n) is 2.71. The first-order valence-electron chi connectivity index (χ1n) is 8.44. The van der Waals surface area contributed by atoms with Crippen molar-refractivity contribution in [1.29, 1.82) is 0 Å². The second-order valence-electron chi connectivity index (χ2n) is 5.79. The molecule has 0 spiro atoms. The maximum atomic E-state index is 11.1. The van der Waals surface area contributed by atoms with E-state index in [1.54, 1.807) is 23.5 Å². The molecular weight excluding hydrogens is 428 g/mol. The summed E-state index contributed by atoms with van der Waals surface area (Å²) in [6, 6.07) is 15.3. The van der Waals surface area contributed by atoms with Crippen LogP contribution in [0.3, 0.4) is 0 Å². The van der Waals surface area contributed by atoms with Gasteiger partial charge in [0, 0.05) is 27.7 Å². The van der Waals surface area contributed by atoms with E-state index in [1.165, 1.54) is 6.20 Å². The summed E-state index contributed by atoms with van der Waals surface area (Å²) in [5.74, 6) is -0.326. The van der Waals surface area contributed by atoms with Crippen molar-refractivity contribution in [3.05, 3.63) is 80.6 Å². The molecule has 0 bridgehead atoms. The van der Waals surface area contributed by atoms with E-state index >= 15 is 0 Å². The quantitative estimate of drug-likeness (QED) is 0.472. The molecule has 1 unspecified atom stereocenters. The average molecular weight is 447 g/mol. The normalized spacial score (nSPS) is 11.9. The number of thiophene rings is 1. The summed E-state index contributed by atoms with van der Waals surface area (Å²) in [6.07, 6.45) is 1.02. The zero-order valence-corrected chi connectivity index (χ0v) is 17.1. The van der Waals surface area contributed by atoms with Gasteiger partial charge in [-0.05, 0) is 42.6 Å². The van der Waals surface area contributed by atoms with E-state index in [0.717, 1.165) is 14.9 Å². The van der Waals surface area contributed by atoms with E-state index in [0.29, 0.717) is 19.0 Å². The molecule has 5 nitrogen and oxygen atoms in total. The fourth-order valence-corrected chi connectivity index (χ4v) is 3.75. The Kier molecular flexibility index (Phi) is 6.60. The number of ether oxygens (including phenoxy) is 1. The standard InChI is InChI=1S/C20H19BrN2O3S/c1-2-23(18-9-8-15(12-22-18)20(24)25)19(14-5-3-6-16(21)11-14)26-13-17-7-4-10-27-17/h3-12,19H,2,13H2,1H3,(H,24,25). The molecule has 0 fully saturated rings. The molecule has 0 aliphatic carbocycles. The van der Waals surface area contributed by atoms with Crippen LogP contribution in [0.15, 0.2) is 64.6 Å². The molecule has 7 heteroatoms. The molecule has 3 rings (SSSR count). The Morgan fingerprint density at radius 1 is 1.30 bits per heavy atom. The van der Waals surface area contributed by atoms with Crippen molar-refractivity contribution < 1.29 is 14.6 Å². The first kappa shape index (κ1) is 19.5. The van der Waals surface area contributed by atoms with Gasteiger partial charge in [0.25, 0.3) is 0 Å². The lowest BCUT2D eigenvalue weighted by atomic mass is 10.1. The van der Waals surface area contributed by atoms with Gasteiger partial charge in [0.2, 0.25) is 0 Å². The summed E-state index contributed by atoms with van der Waals surface area (Å²) in [6.45, 7) is 3.16. The number of aromatic carboxylic acids is 1. The van der Waals surface area contributed by atoms with Crippen molar-refractivity contribution >= 4 is 39.1 Å². The number of hydrogen-bond acceptors (Lipinski definition) is 5. The smallest absolute Gasteiger partial charge is 0.337 e. The Morgan fingerprint density at radius 2 is 2.15 bits per heavy atom. The van der Waals surface area contributed by atoms with Gasteiger partial charge >= 0.3 is 5.97 Å². The minimum atomic E-state index is -0.991. The van der Waals surface area contributed by atoms with E-state index in [9.17, 15) is 4.79 Å². The van der Waals surface area contributed by atoms with Gasteiger partial charge in [-0.1, -0.05) is 34.1 Å². The molecule has 27 heavy (non-hydrogen) atoms. The summed E-state index contributed by atoms with van der Waals surface area (Å²) in [5.41, 5.74) is 1.15. The second-order valence-corrected chi connectivity index (χ2v) is 7.74. The highest BCUT2D eigenvalue weighted by Crippen LogP contribution is 2.30. The Balaban J connectivity index is 1.91. The van der Waals surface area contributed by atoms with Gasteiger partial charge in [0.1, 0.15) is 5.82 Å². The van der Waals surface area contributed by atoms with E-state index in [-0.39, 0.29) is 11.8 Å². The van der Waals surface area contributed by atoms with Crippen LogP contribution in [0.1, 0.15) is 34.0 Å². The average Bonchev–Trinajstić information content (AvgIpc) is 3.19. The SMILES string of the molecule is CCN(c1ccc(C(=O)O)cn1)C(OCc1cccs1)c1cccc(Br)c1. The summed E-state index contributed by atoms with van der Waals surface area (Å²) < 4.78 is 7.24. The topological polar surface area (TPSA) is 62.7 Å². The summed E-state index contributed by atoms with van der Waals surface area (Å²) in [5, 5.41) is 11.1. The number of anilines is 1. The summed E-state index contributed by atoms with van der Waals surface area (Å²) >= 11 is 5.17. The first-order valence-corrected chi connectivity index (χ1v) is 10.1. The third kappa shape index (κ3) is 4.94. The summed E-state index contributed by atoms with van der Waals surface area (Å²) in [7, 11) is 0. The Hall–Kier alpha value is -2.22. The van der Waals surface area contributed by atoms with Gasteiger partial charge < -0.3 is 14.7 Å². The zero-order chi connectivity index (χ0) is 19.2. The Morgan fingerprint density at radius 3 is 2.74 bits per heavy atom. The van der Waals surface area contributed by atoms with Crippen LogP contribution in [0, 0.1) is 0 Å². The number of pyridine rings is 1. The van der Waals surface area contributed by atoms with Crippen LogP contribution in [0.4, 0.5) is 5.82 Å². The van der Waals surface area contributed by atoms with Crippen LogP contribution < -0.4 is 4.90 Å². The molecule has 0 amide bonds. The van der Waals surface area contributed by atoms with E-state index in [1.807, 2.05) is 53.6 Å². The van der Waals surface area contributed by atoms with Crippen molar-refractivity contribution in [2.24, 2.45) is 0 Å². The lowest BCUT2D eigenvalue weighted by molar-refractivity contribution is 0.0387. The minimum absolute atomic E-state index is 0.160. The number of carboxylic acid groups (broad SMARTS) is 1. The number of carboxylic acids is 1. The first-order chi connectivity index (χ1) is 13.1. The monoisotopic (exact) mass is 446 g/mol. The second kappa shape index (κ2) is 9.12. The number of benzene rings is 1. The molecule has 1 atom stereocenters. The molecule has 0 saturated carbocycles. The van der Waals surface area contributed by atoms with Crippen LogP contribution >= 0.6 is 27.3 Å². The van der Waals surface area contributed by atoms with Crippen molar-refractivity contribution in [3.63, 3.8) is 0 Å². The molecule has 1 N–H and O–H groups in total. The molecule has 2 aromatic heterocycles. The van der Waals surface area contributed by atoms with Gasteiger partial charge in [-0.2, -0.15) is 0 Å². The van der Waals surface area contributed by atoms with Crippen LogP contribution in [-0.4, -0.2) is 22.6 Å². The highest BCUT2D eigenvalue weighted by atomic mass is 79.9. The molecule has 0 saturated heterocycles. The van der Waals surface area contributed by atoms with Crippen molar-refractivity contribution in [1.82, 2.24) is 4.98 Å². The van der Waals surface area contributed by atoms with Crippen LogP contribution in [0.5, 0.6) is 0 Å². The van der Waals surface area contributed by atoms with Crippen LogP contribution in [0.2, 0.25) is 0 Å². The van der Waals surface area contributed by atoms with Crippen LogP contribution in [0.25, 0.3) is 0 Å². The van der Waals surface area contributed by atoms with Crippen molar-refractivity contribution in [2.45, 2.75) is 19.8 Å². The number of rotatable bonds is 8. The van der Waals surface area contributed by atoms with E-state index in [4.69, 9.17) is 9.84 Å². The maximum Gasteiger partial charge on any atom is 0.337 e. The molecule has 1 aromatic carbocycles. The molecule has 140 valence electrons.